The van der Waals surface area contributed by atoms with Gasteiger partial charge in [0.1, 0.15) is 0 Å². The zero-order chi connectivity index (χ0) is 15.1. The first-order valence-corrected chi connectivity index (χ1v) is 8.53. The van der Waals surface area contributed by atoms with Crippen molar-refractivity contribution in [1.82, 2.24) is 10.3 Å². The van der Waals surface area contributed by atoms with Crippen molar-refractivity contribution in [3.8, 4) is 0 Å². The van der Waals surface area contributed by atoms with Crippen LogP contribution in [0.3, 0.4) is 0 Å². The number of pyridine rings is 1. The molecule has 1 heterocycles. The van der Waals surface area contributed by atoms with Crippen LogP contribution in [0.15, 0.2) is 47.5 Å². The summed E-state index contributed by atoms with van der Waals surface area (Å²) in [6.45, 7) is 7.43. The van der Waals surface area contributed by atoms with Gasteiger partial charge in [-0.3, -0.25) is 4.98 Å². The largest absolute Gasteiger partial charge is 0.309 e. The average Bonchev–Trinajstić information content (AvgIpc) is 2.50. The van der Waals surface area contributed by atoms with Crippen molar-refractivity contribution < 1.29 is 0 Å². The van der Waals surface area contributed by atoms with E-state index in [0.717, 1.165) is 24.4 Å². The first kappa shape index (κ1) is 16.1. The fraction of sp³-hybridized carbons (Fsp3) is 0.389. The molecule has 0 amide bonds. The number of rotatable bonds is 7. The van der Waals surface area contributed by atoms with Crippen molar-refractivity contribution in [2.24, 2.45) is 0 Å². The molecular weight excluding hydrogens is 276 g/mol. The third-order valence-corrected chi connectivity index (χ3v) is 4.75. The molecule has 1 unspecified atom stereocenters. The lowest BCUT2D eigenvalue weighted by Gasteiger charge is -2.19. The summed E-state index contributed by atoms with van der Waals surface area (Å²) in [5.74, 6) is 1.02. The lowest BCUT2D eigenvalue weighted by Crippen LogP contribution is -2.24. The van der Waals surface area contributed by atoms with Gasteiger partial charge in [-0.15, -0.1) is 11.8 Å². The van der Waals surface area contributed by atoms with Crippen LogP contribution >= 0.6 is 11.8 Å². The molecule has 112 valence electrons. The molecule has 0 radical (unpaired) electrons. The van der Waals surface area contributed by atoms with Gasteiger partial charge in [-0.25, -0.2) is 0 Å². The van der Waals surface area contributed by atoms with Gasteiger partial charge >= 0.3 is 0 Å². The summed E-state index contributed by atoms with van der Waals surface area (Å²) >= 11 is 1.91. The van der Waals surface area contributed by atoms with Crippen molar-refractivity contribution in [3.63, 3.8) is 0 Å². The fourth-order valence-corrected chi connectivity index (χ4v) is 3.30. The number of nitrogens with one attached hydrogen (secondary N) is 1. The molecule has 1 aromatic carbocycles. The molecule has 0 fully saturated rings. The van der Waals surface area contributed by atoms with Crippen molar-refractivity contribution in [2.75, 3.05) is 12.3 Å². The van der Waals surface area contributed by atoms with E-state index >= 15 is 0 Å². The van der Waals surface area contributed by atoms with E-state index in [4.69, 9.17) is 0 Å². The minimum absolute atomic E-state index is 0.350. The van der Waals surface area contributed by atoms with Crippen molar-refractivity contribution in [2.45, 2.75) is 38.1 Å². The lowest BCUT2D eigenvalue weighted by atomic mass is 10.1. The highest BCUT2D eigenvalue weighted by Gasteiger charge is 2.12. The molecule has 0 saturated heterocycles. The van der Waals surface area contributed by atoms with Crippen LogP contribution in [0.1, 0.15) is 36.2 Å². The number of thioether (sulfide) groups is 1. The summed E-state index contributed by atoms with van der Waals surface area (Å²) < 4.78 is 0. The van der Waals surface area contributed by atoms with E-state index in [-0.39, 0.29) is 0 Å². The SMILES string of the molecule is CCCNC(CSc1ccccc1C)c1ccc(C)nc1. The highest BCUT2D eigenvalue weighted by atomic mass is 32.2. The van der Waals surface area contributed by atoms with Gasteiger partial charge in [-0.05, 0) is 50.1 Å². The quantitative estimate of drug-likeness (QED) is 0.760. The maximum Gasteiger partial charge on any atom is 0.0430 e. The summed E-state index contributed by atoms with van der Waals surface area (Å²) in [5, 5.41) is 3.63. The summed E-state index contributed by atoms with van der Waals surface area (Å²) in [7, 11) is 0. The van der Waals surface area contributed by atoms with Gasteiger partial charge in [0.05, 0.1) is 0 Å². The Labute approximate surface area is 132 Å². The third-order valence-electron chi connectivity index (χ3n) is 3.48. The van der Waals surface area contributed by atoms with Crippen LogP contribution < -0.4 is 5.32 Å². The number of benzene rings is 1. The normalized spacial score (nSPS) is 12.3. The second-order valence-electron chi connectivity index (χ2n) is 5.32. The van der Waals surface area contributed by atoms with Crippen molar-refractivity contribution in [3.05, 3.63) is 59.4 Å². The molecule has 0 aliphatic heterocycles. The van der Waals surface area contributed by atoms with Crippen LogP contribution in [0.5, 0.6) is 0 Å². The highest BCUT2D eigenvalue weighted by molar-refractivity contribution is 7.99. The van der Waals surface area contributed by atoms with Crippen molar-refractivity contribution in [1.29, 1.82) is 0 Å². The summed E-state index contributed by atoms with van der Waals surface area (Å²) in [5.41, 5.74) is 3.69. The molecule has 1 atom stereocenters. The van der Waals surface area contributed by atoms with Gasteiger partial charge in [0.2, 0.25) is 0 Å². The molecule has 3 heteroatoms. The third kappa shape index (κ3) is 4.87. The number of nitrogens with zero attached hydrogens (tertiary/aromatic N) is 1. The maximum atomic E-state index is 4.43. The van der Waals surface area contributed by atoms with Crippen LogP contribution in [0.25, 0.3) is 0 Å². The average molecular weight is 300 g/mol. The number of hydrogen-bond acceptors (Lipinski definition) is 3. The fourth-order valence-electron chi connectivity index (χ4n) is 2.17. The molecule has 1 N–H and O–H groups in total. The smallest absolute Gasteiger partial charge is 0.0430 e. The van der Waals surface area contributed by atoms with E-state index in [1.165, 1.54) is 16.0 Å². The first-order valence-electron chi connectivity index (χ1n) is 7.55. The Morgan fingerprint density at radius 1 is 1.14 bits per heavy atom. The molecule has 0 spiro atoms. The van der Waals surface area contributed by atoms with E-state index in [2.05, 4.69) is 60.5 Å². The van der Waals surface area contributed by atoms with Crippen molar-refractivity contribution >= 4 is 11.8 Å². The number of aryl methyl sites for hydroxylation is 2. The second kappa shape index (κ2) is 8.20. The summed E-state index contributed by atoms with van der Waals surface area (Å²) in [6.07, 6.45) is 3.14. The van der Waals surface area contributed by atoms with Gasteiger partial charge in [0.25, 0.3) is 0 Å². The van der Waals surface area contributed by atoms with Gasteiger partial charge in [0, 0.05) is 28.6 Å². The first-order chi connectivity index (χ1) is 10.2. The van der Waals surface area contributed by atoms with Gasteiger partial charge in [0.15, 0.2) is 0 Å². The van der Waals surface area contributed by atoms with E-state index in [1.54, 1.807) is 0 Å². The highest BCUT2D eigenvalue weighted by Crippen LogP contribution is 2.27. The van der Waals surface area contributed by atoms with E-state index in [1.807, 2.05) is 24.9 Å². The maximum absolute atomic E-state index is 4.43. The zero-order valence-corrected chi connectivity index (χ0v) is 13.9. The Kier molecular flexibility index (Phi) is 6.27. The van der Waals surface area contributed by atoms with Crippen LogP contribution in [-0.2, 0) is 0 Å². The summed E-state index contributed by atoms with van der Waals surface area (Å²) in [6, 6.07) is 13.2. The molecule has 2 aromatic rings. The molecule has 0 aliphatic rings. The van der Waals surface area contributed by atoms with Crippen LogP contribution in [0.4, 0.5) is 0 Å². The van der Waals surface area contributed by atoms with E-state index in [0.29, 0.717) is 6.04 Å². The standard InChI is InChI=1S/C18H24N2S/c1-4-11-19-17(16-10-9-15(3)20-12-16)13-21-18-8-6-5-7-14(18)2/h5-10,12,17,19H,4,11,13H2,1-3H3. The van der Waals surface area contributed by atoms with Gasteiger partial charge < -0.3 is 5.32 Å². The molecule has 2 rings (SSSR count). The van der Waals surface area contributed by atoms with Gasteiger partial charge in [-0.1, -0.05) is 31.2 Å². The predicted octanol–water partition coefficient (Wildman–Crippen LogP) is 4.53. The summed E-state index contributed by atoms with van der Waals surface area (Å²) in [4.78, 5) is 5.79. The Balaban J connectivity index is 2.06. The Morgan fingerprint density at radius 3 is 2.62 bits per heavy atom. The molecule has 21 heavy (non-hydrogen) atoms. The Morgan fingerprint density at radius 2 is 1.95 bits per heavy atom. The van der Waals surface area contributed by atoms with Crippen LogP contribution in [0.2, 0.25) is 0 Å². The molecule has 0 aliphatic carbocycles. The lowest BCUT2D eigenvalue weighted by molar-refractivity contribution is 0.575. The topological polar surface area (TPSA) is 24.9 Å². The molecular formula is C18H24N2S. The number of aromatic nitrogens is 1. The monoisotopic (exact) mass is 300 g/mol. The van der Waals surface area contributed by atoms with Crippen LogP contribution in [0, 0.1) is 13.8 Å². The van der Waals surface area contributed by atoms with Crippen LogP contribution in [-0.4, -0.2) is 17.3 Å². The Hall–Kier alpha value is -1.32. The molecule has 2 nitrogen and oxygen atoms in total. The minimum atomic E-state index is 0.350. The molecule has 0 saturated carbocycles. The zero-order valence-electron chi connectivity index (χ0n) is 13.1. The Bertz CT molecular complexity index is 551. The van der Waals surface area contributed by atoms with E-state index in [9.17, 15) is 0 Å². The molecule has 1 aromatic heterocycles. The van der Waals surface area contributed by atoms with E-state index < -0.39 is 0 Å². The van der Waals surface area contributed by atoms with Gasteiger partial charge in [-0.2, -0.15) is 0 Å². The second-order valence-corrected chi connectivity index (χ2v) is 6.38. The predicted molar refractivity (Wildman–Crippen MR) is 91.9 cm³/mol. The molecule has 0 bridgehead atoms. The number of hydrogen-bond donors (Lipinski definition) is 1. The minimum Gasteiger partial charge on any atom is -0.309 e.